The Balaban J connectivity index is 2.83. The minimum absolute atomic E-state index is 0.212. The standard InChI is InChI=1S/C12H20N4/c13-9-3-6-11(7-4-10-14)5-1-2-8-12(11,15)16/h1-8,15-16H2. The number of nitrogens with zero attached hydrogens (tertiary/aromatic N) is 2. The molecular weight excluding hydrogens is 200 g/mol. The van der Waals surface area contributed by atoms with E-state index in [9.17, 15) is 0 Å². The van der Waals surface area contributed by atoms with E-state index in [4.69, 9.17) is 22.0 Å². The normalized spacial score (nSPS) is 22.0. The van der Waals surface area contributed by atoms with Crippen LogP contribution in [0.25, 0.3) is 0 Å². The zero-order valence-electron chi connectivity index (χ0n) is 9.71. The fourth-order valence-electron chi connectivity index (χ4n) is 2.81. The van der Waals surface area contributed by atoms with Gasteiger partial charge in [0, 0.05) is 18.3 Å². The molecule has 0 atom stereocenters. The maximum absolute atomic E-state index is 8.71. The summed E-state index contributed by atoms with van der Waals surface area (Å²) in [4.78, 5) is 0. The predicted molar refractivity (Wildman–Crippen MR) is 61.7 cm³/mol. The molecule has 1 aliphatic carbocycles. The van der Waals surface area contributed by atoms with E-state index in [-0.39, 0.29) is 5.41 Å². The van der Waals surface area contributed by atoms with Crippen molar-refractivity contribution < 1.29 is 0 Å². The van der Waals surface area contributed by atoms with Gasteiger partial charge in [-0.3, -0.25) is 0 Å². The lowest BCUT2D eigenvalue weighted by Gasteiger charge is -2.49. The summed E-state index contributed by atoms with van der Waals surface area (Å²) in [7, 11) is 0. The highest BCUT2D eigenvalue weighted by Gasteiger charge is 2.46. The highest BCUT2D eigenvalue weighted by atomic mass is 15.0. The van der Waals surface area contributed by atoms with Gasteiger partial charge in [0.15, 0.2) is 0 Å². The van der Waals surface area contributed by atoms with Crippen LogP contribution < -0.4 is 11.5 Å². The Bertz CT molecular complexity index is 290. The van der Waals surface area contributed by atoms with E-state index in [0.717, 1.165) is 38.5 Å². The van der Waals surface area contributed by atoms with Crippen LogP contribution in [0.3, 0.4) is 0 Å². The Kier molecular flexibility index (Phi) is 4.29. The van der Waals surface area contributed by atoms with Crippen molar-refractivity contribution in [2.45, 2.75) is 57.0 Å². The summed E-state index contributed by atoms with van der Waals surface area (Å²) in [6.45, 7) is 0. The Morgan fingerprint density at radius 3 is 1.88 bits per heavy atom. The van der Waals surface area contributed by atoms with Crippen molar-refractivity contribution in [2.75, 3.05) is 0 Å². The van der Waals surface area contributed by atoms with Crippen molar-refractivity contribution in [1.82, 2.24) is 0 Å². The lowest BCUT2D eigenvalue weighted by atomic mass is 9.62. The van der Waals surface area contributed by atoms with Gasteiger partial charge in [0.05, 0.1) is 17.8 Å². The van der Waals surface area contributed by atoms with Crippen LogP contribution in [0.5, 0.6) is 0 Å². The van der Waals surface area contributed by atoms with Gasteiger partial charge in [-0.2, -0.15) is 10.5 Å². The van der Waals surface area contributed by atoms with E-state index >= 15 is 0 Å². The van der Waals surface area contributed by atoms with Crippen LogP contribution in [-0.2, 0) is 0 Å². The van der Waals surface area contributed by atoms with Crippen LogP contribution in [0.1, 0.15) is 51.4 Å². The first kappa shape index (κ1) is 13.0. The fraction of sp³-hybridized carbons (Fsp3) is 0.833. The molecule has 0 aromatic rings. The van der Waals surface area contributed by atoms with Gasteiger partial charge in [0.2, 0.25) is 0 Å². The van der Waals surface area contributed by atoms with Crippen molar-refractivity contribution in [3.63, 3.8) is 0 Å². The molecule has 16 heavy (non-hydrogen) atoms. The molecule has 0 aromatic heterocycles. The second-order valence-corrected chi connectivity index (χ2v) is 4.84. The Morgan fingerprint density at radius 1 is 0.938 bits per heavy atom. The number of hydrogen-bond donors (Lipinski definition) is 2. The van der Waals surface area contributed by atoms with Crippen molar-refractivity contribution in [1.29, 1.82) is 10.5 Å². The lowest BCUT2D eigenvalue weighted by Crippen LogP contribution is -2.64. The minimum Gasteiger partial charge on any atom is -0.313 e. The van der Waals surface area contributed by atoms with Gasteiger partial charge in [-0.15, -0.1) is 0 Å². The second kappa shape index (κ2) is 5.30. The maximum Gasteiger partial charge on any atom is 0.0695 e. The Morgan fingerprint density at radius 2 is 1.44 bits per heavy atom. The van der Waals surface area contributed by atoms with Crippen LogP contribution in [-0.4, -0.2) is 5.66 Å². The van der Waals surface area contributed by atoms with Crippen molar-refractivity contribution >= 4 is 0 Å². The lowest BCUT2D eigenvalue weighted by molar-refractivity contribution is 0.0481. The highest BCUT2D eigenvalue weighted by molar-refractivity contribution is 5.03. The third-order valence-electron chi connectivity index (χ3n) is 3.91. The molecule has 0 amide bonds. The molecule has 0 spiro atoms. The summed E-state index contributed by atoms with van der Waals surface area (Å²) in [6, 6.07) is 4.32. The third kappa shape index (κ3) is 2.52. The van der Waals surface area contributed by atoms with Crippen molar-refractivity contribution in [2.24, 2.45) is 16.9 Å². The van der Waals surface area contributed by atoms with Crippen molar-refractivity contribution in [3.05, 3.63) is 0 Å². The highest BCUT2D eigenvalue weighted by Crippen LogP contribution is 2.46. The summed E-state index contributed by atoms with van der Waals surface area (Å²) in [5.74, 6) is 0. The quantitative estimate of drug-likeness (QED) is 0.705. The van der Waals surface area contributed by atoms with E-state index in [2.05, 4.69) is 12.1 Å². The molecule has 0 heterocycles. The molecule has 4 nitrogen and oxygen atoms in total. The average Bonchev–Trinajstić information content (AvgIpc) is 2.26. The SMILES string of the molecule is N#CCCC1(CCC#N)CCCCC1(N)N. The number of hydrogen-bond acceptors (Lipinski definition) is 4. The molecule has 1 aliphatic rings. The molecule has 0 bridgehead atoms. The molecular formula is C12H20N4. The molecule has 1 fully saturated rings. The summed E-state index contributed by atoms with van der Waals surface area (Å²) in [5.41, 5.74) is 11.5. The molecule has 0 radical (unpaired) electrons. The Hall–Kier alpha value is -1.10. The predicted octanol–water partition coefficient (Wildman–Crippen LogP) is 1.77. The molecule has 0 saturated heterocycles. The molecule has 0 aliphatic heterocycles. The fourth-order valence-corrected chi connectivity index (χ4v) is 2.81. The van der Waals surface area contributed by atoms with Gasteiger partial charge < -0.3 is 11.5 Å². The molecule has 4 N–H and O–H groups in total. The molecule has 0 unspecified atom stereocenters. The van der Waals surface area contributed by atoms with E-state index in [0.29, 0.717) is 12.8 Å². The second-order valence-electron chi connectivity index (χ2n) is 4.84. The molecule has 88 valence electrons. The van der Waals surface area contributed by atoms with E-state index < -0.39 is 5.66 Å². The first-order valence-corrected chi connectivity index (χ1v) is 5.90. The summed E-state index contributed by atoms with van der Waals surface area (Å²) in [6.07, 6.45) is 6.29. The van der Waals surface area contributed by atoms with Gasteiger partial charge >= 0.3 is 0 Å². The average molecular weight is 220 g/mol. The zero-order chi connectivity index (χ0) is 12.1. The van der Waals surface area contributed by atoms with Crippen LogP contribution in [0.2, 0.25) is 0 Å². The monoisotopic (exact) mass is 220 g/mol. The summed E-state index contributed by atoms with van der Waals surface area (Å²) in [5, 5.41) is 17.4. The third-order valence-corrected chi connectivity index (χ3v) is 3.91. The number of nitriles is 2. The molecule has 1 saturated carbocycles. The van der Waals surface area contributed by atoms with Crippen LogP contribution in [0.4, 0.5) is 0 Å². The Labute approximate surface area is 97.2 Å². The first-order valence-electron chi connectivity index (χ1n) is 5.90. The summed E-state index contributed by atoms with van der Waals surface area (Å²) >= 11 is 0. The van der Waals surface area contributed by atoms with Crippen LogP contribution in [0, 0.1) is 28.1 Å². The number of nitrogens with two attached hydrogens (primary N) is 2. The minimum atomic E-state index is -0.709. The van der Waals surface area contributed by atoms with E-state index in [1.54, 1.807) is 0 Å². The van der Waals surface area contributed by atoms with Crippen molar-refractivity contribution in [3.8, 4) is 12.1 Å². The van der Waals surface area contributed by atoms with Gasteiger partial charge in [-0.25, -0.2) is 0 Å². The van der Waals surface area contributed by atoms with Gasteiger partial charge in [0.1, 0.15) is 0 Å². The number of rotatable bonds is 4. The maximum atomic E-state index is 8.71. The van der Waals surface area contributed by atoms with Gasteiger partial charge in [0.25, 0.3) is 0 Å². The topological polar surface area (TPSA) is 99.6 Å². The molecule has 1 rings (SSSR count). The smallest absolute Gasteiger partial charge is 0.0695 e. The van der Waals surface area contributed by atoms with Crippen LogP contribution in [0.15, 0.2) is 0 Å². The molecule has 0 aromatic carbocycles. The van der Waals surface area contributed by atoms with E-state index in [1.807, 2.05) is 0 Å². The van der Waals surface area contributed by atoms with Gasteiger partial charge in [-0.05, 0) is 25.7 Å². The summed E-state index contributed by atoms with van der Waals surface area (Å²) < 4.78 is 0. The van der Waals surface area contributed by atoms with Crippen LogP contribution >= 0.6 is 0 Å². The van der Waals surface area contributed by atoms with E-state index in [1.165, 1.54) is 0 Å². The molecule has 4 heteroatoms. The zero-order valence-corrected chi connectivity index (χ0v) is 9.71. The van der Waals surface area contributed by atoms with Gasteiger partial charge in [-0.1, -0.05) is 12.8 Å². The first-order chi connectivity index (χ1) is 7.58. The largest absolute Gasteiger partial charge is 0.313 e.